The number of hydrogen-bond acceptors (Lipinski definition) is 7. The third-order valence-electron chi connectivity index (χ3n) is 2.90. The van der Waals surface area contributed by atoms with E-state index in [0.717, 1.165) is 12.4 Å². The van der Waals surface area contributed by atoms with E-state index in [1.54, 1.807) is 0 Å². The average Bonchev–Trinajstić information content (AvgIpc) is 3.02. The molecule has 2 aromatic rings. The van der Waals surface area contributed by atoms with Crippen molar-refractivity contribution in [2.75, 3.05) is 13.2 Å². The van der Waals surface area contributed by atoms with Crippen LogP contribution in [0.5, 0.6) is 0 Å². The predicted octanol–water partition coefficient (Wildman–Crippen LogP) is 1.50. The van der Waals surface area contributed by atoms with E-state index in [4.69, 9.17) is 0 Å². The molecule has 0 aromatic carbocycles. The van der Waals surface area contributed by atoms with Crippen molar-refractivity contribution in [3.05, 3.63) is 23.9 Å². The van der Waals surface area contributed by atoms with Crippen LogP contribution in [0, 0.1) is 0 Å². The second-order valence-corrected chi connectivity index (χ2v) is 4.43. The molecule has 0 aliphatic heterocycles. The number of halogens is 2. The molecule has 0 unspecified atom stereocenters. The van der Waals surface area contributed by atoms with Gasteiger partial charge >= 0.3 is 17.9 Å². The molecule has 2 aromatic heterocycles. The van der Waals surface area contributed by atoms with Gasteiger partial charge in [-0.1, -0.05) is 0 Å². The van der Waals surface area contributed by atoms with E-state index in [1.165, 1.54) is 20.2 Å². The van der Waals surface area contributed by atoms with Crippen LogP contribution in [-0.2, 0) is 19.1 Å². The molecule has 0 fully saturated rings. The number of esters is 2. The monoisotopic (exact) mass is 340 g/mol. The minimum atomic E-state index is -4.19. The highest BCUT2D eigenvalue weighted by molar-refractivity contribution is 6.03. The Morgan fingerprint density at radius 3 is 2.58 bits per heavy atom. The molecule has 0 aliphatic carbocycles. The first-order valence-corrected chi connectivity index (χ1v) is 7.00. The molecule has 0 radical (unpaired) electrons. The van der Waals surface area contributed by atoms with Gasteiger partial charge in [0.25, 0.3) is 0 Å². The number of carbonyl (C=O) groups excluding carboxylic acids is 2. The molecule has 2 heterocycles. The summed E-state index contributed by atoms with van der Waals surface area (Å²) < 4.78 is 37.6. The summed E-state index contributed by atoms with van der Waals surface area (Å²) in [4.78, 5) is 37.7. The molecule has 0 aliphatic rings. The second-order valence-electron chi connectivity index (χ2n) is 4.43. The van der Waals surface area contributed by atoms with Crippen LogP contribution in [0.25, 0.3) is 17.2 Å². The fourth-order valence-corrected chi connectivity index (χ4v) is 1.85. The van der Waals surface area contributed by atoms with Gasteiger partial charge in [0.1, 0.15) is 17.4 Å². The quantitative estimate of drug-likeness (QED) is 0.627. The maximum atomic E-state index is 14.3. The highest BCUT2D eigenvalue weighted by atomic mass is 19.3. The first-order chi connectivity index (χ1) is 11.4. The highest BCUT2D eigenvalue weighted by Crippen LogP contribution is 2.29. The Kier molecular flexibility index (Phi) is 5.17. The molecule has 0 amide bonds. The number of H-pyrrole nitrogens is 1. The molecule has 2 rings (SSSR count). The SMILES string of the molecule is CCOC(=O)/C(=C/c1ncnc2nc[nH]c12)C(F)(F)C(=O)OCC. The summed E-state index contributed by atoms with van der Waals surface area (Å²) in [5.41, 5.74) is -0.764. The molecule has 0 saturated carbocycles. The van der Waals surface area contributed by atoms with Crippen LogP contribution in [0.2, 0.25) is 0 Å². The number of carbonyl (C=O) groups is 2. The van der Waals surface area contributed by atoms with Crippen molar-refractivity contribution in [3.8, 4) is 0 Å². The van der Waals surface area contributed by atoms with Crippen LogP contribution in [0.1, 0.15) is 19.5 Å². The Morgan fingerprint density at radius 1 is 1.21 bits per heavy atom. The van der Waals surface area contributed by atoms with E-state index in [1.807, 2.05) is 0 Å². The number of aromatic amines is 1. The maximum absolute atomic E-state index is 14.3. The van der Waals surface area contributed by atoms with Gasteiger partial charge in [-0.25, -0.2) is 24.5 Å². The number of nitrogens with zero attached hydrogens (tertiary/aromatic N) is 3. The second kappa shape index (κ2) is 7.11. The molecule has 0 atom stereocenters. The molecule has 10 heteroatoms. The van der Waals surface area contributed by atoms with E-state index in [0.29, 0.717) is 0 Å². The molecule has 128 valence electrons. The van der Waals surface area contributed by atoms with Gasteiger partial charge in [-0.2, -0.15) is 8.78 Å². The lowest BCUT2D eigenvalue weighted by Crippen LogP contribution is -2.37. The van der Waals surface area contributed by atoms with Crippen LogP contribution in [-0.4, -0.2) is 51.0 Å². The largest absolute Gasteiger partial charge is 0.462 e. The third-order valence-corrected chi connectivity index (χ3v) is 2.90. The summed E-state index contributed by atoms with van der Waals surface area (Å²) in [6.45, 7) is 2.43. The van der Waals surface area contributed by atoms with Gasteiger partial charge < -0.3 is 14.5 Å². The number of nitrogens with one attached hydrogen (secondary N) is 1. The zero-order valence-corrected chi connectivity index (χ0v) is 12.9. The summed E-state index contributed by atoms with van der Waals surface area (Å²) in [6, 6.07) is 0. The number of aromatic nitrogens is 4. The highest BCUT2D eigenvalue weighted by Gasteiger charge is 2.49. The van der Waals surface area contributed by atoms with E-state index in [2.05, 4.69) is 29.4 Å². The molecule has 0 spiro atoms. The normalized spacial score (nSPS) is 12.2. The van der Waals surface area contributed by atoms with Crippen LogP contribution >= 0.6 is 0 Å². The van der Waals surface area contributed by atoms with E-state index in [-0.39, 0.29) is 30.1 Å². The van der Waals surface area contributed by atoms with E-state index >= 15 is 0 Å². The standard InChI is InChI=1S/C14H14F2N4O4/c1-3-23-12(21)8(14(15,16)13(22)24-4-2)5-9-10-11(19-6-17-9)20-7-18-10/h5-7H,3-4H2,1-2H3,(H,17,18,19,20)/b8-5-. The van der Waals surface area contributed by atoms with Crippen molar-refractivity contribution < 1.29 is 27.8 Å². The Labute approximate surface area is 134 Å². The van der Waals surface area contributed by atoms with Gasteiger partial charge in [-0.15, -0.1) is 0 Å². The van der Waals surface area contributed by atoms with Crippen LogP contribution < -0.4 is 0 Å². The Morgan fingerprint density at radius 2 is 1.92 bits per heavy atom. The van der Waals surface area contributed by atoms with Gasteiger partial charge in [0.2, 0.25) is 0 Å². The number of hydrogen-bond donors (Lipinski definition) is 1. The van der Waals surface area contributed by atoms with Gasteiger partial charge in [-0.3, -0.25) is 0 Å². The number of rotatable bonds is 6. The number of ether oxygens (including phenoxy) is 2. The fraction of sp³-hybridized carbons (Fsp3) is 0.357. The van der Waals surface area contributed by atoms with Crippen LogP contribution in [0.4, 0.5) is 8.78 Å². The Bertz CT molecular complexity index is 788. The van der Waals surface area contributed by atoms with Crippen molar-refractivity contribution in [2.24, 2.45) is 0 Å². The summed E-state index contributed by atoms with van der Waals surface area (Å²) in [7, 11) is 0. The summed E-state index contributed by atoms with van der Waals surface area (Å²) in [6.07, 6.45) is 3.15. The third kappa shape index (κ3) is 3.36. The minimum Gasteiger partial charge on any atom is -0.462 e. The lowest BCUT2D eigenvalue weighted by molar-refractivity contribution is -0.169. The maximum Gasteiger partial charge on any atom is 0.382 e. The zero-order chi connectivity index (χ0) is 17.7. The van der Waals surface area contributed by atoms with Crippen molar-refractivity contribution in [1.82, 2.24) is 19.9 Å². The number of alkyl halides is 2. The molecular weight excluding hydrogens is 326 g/mol. The molecule has 24 heavy (non-hydrogen) atoms. The first-order valence-electron chi connectivity index (χ1n) is 7.00. The Balaban J connectivity index is 2.56. The minimum absolute atomic E-state index is 0.0375. The summed E-state index contributed by atoms with van der Waals surface area (Å²) in [5.74, 6) is -7.39. The average molecular weight is 340 g/mol. The smallest absolute Gasteiger partial charge is 0.382 e. The van der Waals surface area contributed by atoms with Crippen molar-refractivity contribution >= 4 is 29.2 Å². The number of imidazole rings is 1. The first kappa shape index (κ1) is 17.4. The lowest BCUT2D eigenvalue weighted by atomic mass is 10.1. The molecular formula is C14H14F2N4O4. The summed E-state index contributed by atoms with van der Waals surface area (Å²) >= 11 is 0. The molecule has 0 bridgehead atoms. The fourth-order valence-electron chi connectivity index (χ4n) is 1.85. The van der Waals surface area contributed by atoms with Crippen molar-refractivity contribution in [1.29, 1.82) is 0 Å². The van der Waals surface area contributed by atoms with Gasteiger partial charge in [-0.05, 0) is 19.9 Å². The van der Waals surface area contributed by atoms with Gasteiger partial charge in [0, 0.05) is 0 Å². The summed E-state index contributed by atoms with van der Waals surface area (Å²) in [5, 5.41) is 0. The number of fused-ring (bicyclic) bond motifs is 1. The van der Waals surface area contributed by atoms with E-state index < -0.39 is 23.4 Å². The molecule has 0 saturated heterocycles. The molecule has 8 nitrogen and oxygen atoms in total. The van der Waals surface area contributed by atoms with Gasteiger partial charge in [0.15, 0.2) is 5.65 Å². The van der Waals surface area contributed by atoms with E-state index in [9.17, 15) is 18.4 Å². The Hall–Kier alpha value is -2.91. The zero-order valence-electron chi connectivity index (χ0n) is 12.9. The van der Waals surface area contributed by atoms with Gasteiger partial charge in [0.05, 0.1) is 25.2 Å². The molecule has 1 N–H and O–H groups in total. The van der Waals surface area contributed by atoms with Crippen molar-refractivity contribution in [3.63, 3.8) is 0 Å². The van der Waals surface area contributed by atoms with Crippen molar-refractivity contribution in [2.45, 2.75) is 19.8 Å². The predicted molar refractivity (Wildman–Crippen MR) is 77.9 cm³/mol. The van der Waals surface area contributed by atoms with Crippen LogP contribution in [0.3, 0.4) is 0 Å². The van der Waals surface area contributed by atoms with Crippen LogP contribution in [0.15, 0.2) is 18.2 Å². The lowest BCUT2D eigenvalue weighted by Gasteiger charge is -2.17. The topological polar surface area (TPSA) is 107 Å².